The van der Waals surface area contributed by atoms with Gasteiger partial charge < -0.3 is 14.5 Å². The zero-order chi connectivity index (χ0) is 14.5. The molecule has 3 rings (SSSR count). The van der Waals surface area contributed by atoms with E-state index in [1.165, 1.54) is 25.7 Å². The van der Waals surface area contributed by atoms with E-state index in [4.69, 9.17) is 4.74 Å². The van der Waals surface area contributed by atoms with E-state index in [9.17, 15) is 4.79 Å². The van der Waals surface area contributed by atoms with Crippen molar-refractivity contribution in [3.05, 3.63) is 18.1 Å². The molecule has 114 valence electrons. The largest absolute Gasteiger partial charge is 0.378 e. The lowest BCUT2D eigenvalue weighted by molar-refractivity contribution is 0.0298. The number of ether oxygens (including phenoxy) is 1. The van der Waals surface area contributed by atoms with Crippen molar-refractivity contribution in [2.24, 2.45) is 0 Å². The van der Waals surface area contributed by atoms with Crippen LogP contribution in [-0.4, -0.2) is 60.2 Å². The third-order valence-electron chi connectivity index (χ3n) is 4.09. The van der Waals surface area contributed by atoms with Gasteiger partial charge in [-0.05, 0) is 12.8 Å². The minimum atomic E-state index is -0.0479. The second-order valence-corrected chi connectivity index (χ2v) is 5.57. The first-order chi connectivity index (χ1) is 10.3. The Balaban J connectivity index is 1.66. The molecule has 0 radical (unpaired) electrons. The van der Waals surface area contributed by atoms with Gasteiger partial charge in [-0.2, -0.15) is 0 Å². The van der Waals surface area contributed by atoms with Gasteiger partial charge in [0.15, 0.2) is 0 Å². The topological polar surface area (TPSA) is 58.6 Å². The highest BCUT2D eigenvalue weighted by Crippen LogP contribution is 2.16. The molecule has 2 aliphatic rings. The zero-order valence-corrected chi connectivity index (χ0v) is 12.3. The highest BCUT2D eigenvalue weighted by molar-refractivity contribution is 5.92. The van der Waals surface area contributed by atoms with E-state index in [0.717, 1.165) is 18.9 Å². The van der Waals surface area contributed by atoms with E-state index < -0.39 is 0 Å². The summed E-state index contributed by atoms with van der Waals surface area (Å²) in [6, 6.07) is 0. The molecule has 1 amide bonds. The third-order valence-corrected chi connectivity index (χ3v) is 4.09. The Morgan fingerprint density at radius 2 is 1.67 bits per heavy atom. The fourth-order valence-corrected chi connectivity index (χ4v) is 2.82. The van der Waals surface area contributed by atoms with Crippen molar-refractivity contribution in [3.63, 3.8) is 0 Å². The molecule has 3 heterocycles. The summed E-state index contributed by atoms with van der Waals surface area (Å²) in [5, 5.41) is 0. The van der Waals surface area contributed by atoms with Gasteiger partial charge in [0.2, 0.25) is 0 Å². The Kier molecular flexibility index (Phi) is 4.65. The lowest BCUT2D eigenvalue weighted by Gasteiger charge is -2.26. The number of hydrogen-bond donors (Lipinski definition) is 0. The number of carbonyl (C=O) groups is 1. The zero-order valence-electron chi connectivity index (χ0n) is 12.3. The van der Waals surface area contributed by atoms with E-state index in [1.807, 2.05) is 0 Å². The monoisotopic (exact) mass is 290 g/mol. The van der Waals surface area contributed by atoms with Crippen molar-refractivity contribution >= 4 is 11.7 Å². The molecule has 0 N–H and O–H groups in total. The summed E-state index contributed by atoms with van der Waals surface area (Å²) in [5.41, 5.74) is 0.426. The number of hydrogen-bond acceptors (Lipinski definition) is 5. The number of carbonyl (C=O) groups excluding carboxylic acids is 1. The van der Waals surface area contributed by atoms with Crippen LogP contribution in [0.4, 0.5) is 5.82 Å². The molecule has 0 atom stereocenters. The van der Waals surface area contributed by atoms with Gasteiger partial charge in [-0.25, -0.2) is 9.97 Å². The summed E-state index contributed by atoms with van der Waals surface area (Å²) in [5.74, 6) is 0.837. The number of morpholine rings is 1. The molecule has 6 nitrogen and oxygen atoms in total. The number of nitrogens with zero attached hydrogens (tertiary/aromatic N) is 4. The Labute approximate surface area is 125 Å². The van der Waals surface area contributed by atoms with Gasteiger partial charge in [-0.3, -0.25) is 4.79 Å². The van der Waals surface area contributed by atoms with Crippen LogP contribution >= 0.6 is 0 Å². The smallest absolute Gasteiger partial charge is 0.274 e. The van der Waals surface area contributed by atoms with Crippen molar-refractivity contribution in [2.75, 3.05) is 44.3 Å². The summed E-state index contributed by atoms with van der Waals surface area (Å²) < 4.78 is 5.26. The molecule has 0 aromatic carbocycles. The van der Waals surface area contributed by atoms with E-state index in [0.29, 0.717) is 32.0 Å². The summed E-state index contributed by atoms with van der Waals surface area (Å²) in [6.07, 6.45) is 8.33. The molecule has 0 spiro atoms. The van der Waals surface area contributed by atoms with Gasteiger partial charge in [0.05, 0.1) is 25.6 Å². The molecule has 1 aromatic rings. The number of aromatic nitrogens is 2. The summed E-state index contributed by atoms with van der Waals surface area (Å²) in [4.78, 5) is 25.1. The predicted octanol–water partition coefficient (Wildman–Crippen LogP) is 1.33. The molecule has 2 aliphatic heterocycles. The van der Waals surface area contributed by atoms with Crippen molar-refractivity contribution in [3.8, 4) is 0 Å². The molecule has 6 heteroatoms. The van der Waals surface area contributed by atoms with Gasteiger partial charge >= 0.3 is 0 Å². The molecule has 0 bridgehead atoms. The summed E-state index contributed by atoms with van der Waals surface area (Å²) in [7, 11) is 0. The van der Waals surface area contributed by atoms with E-state index in [1.54, 1.807) is 17.3 Å². The normalized spacial score (nSPS) is 20.2. The van der Waals surface area contributed by atoms with Crippen LogP contribution in [0.2, 0.25) is 0 Å². The van der Waals surface area contributed by atoms with Crippen molar-refractivity contribution in [1.82, 2.24) is 14.9 Å². The van der Waals surface area contributed by atoms with Crippen LogP contribution < -0.4 is 4.90 Å². The molecule has 0 saturated carbocycles. The standard InChI is InChI=1S/C15H22N4O2/c20-15(19-7-9-21-10-8-19)13-11-17-14(12-16-13)18-5-3-1-2-4-6-18/h11-12H,1-10H2. The number of anilines is 1. The van der Waals surface area contributed by atoms with Crippen LogP contribution in [0.1, 0.15) is 36.2 Å². The molecular formula is C15H22N4O2. The van der Waals surface area contributed by atoms with Crippen LogP contribution in [-0.2, 0) is 4.74 Å². The summed E-state index contributed by atoms with van der Waals surface area (Å²) >= 11 is 0. The Bertz CT molecular complexity index is 463. The fraction of sp³-hybridized carbons (Fsp3) is 0.667. The molecule has 2 saturated heterocycles. The minimum Gasteiger partial charge on any atom is -0.378 e. The number of amides is 1. The van der Waals surface area contributed by atoms with Gasteiger partial charge in [0.1, 0.15) is 11.5 Å². The molecule has 0 unspecified atom stereocenters. The van der Waals surface area contributed by atoms with Crippen molar-refractivity contribution in [2.45, 2.75) is 25.7 Å². The van der Waals surface area contributed by atoms with Gasteiger partial charge in [0.25, 0.3) is 5.91 Å². The average molecular weight is 290 g/mol. The Morgan fingerprint density at radius 3 is 2.29 bits per heavy atom. The van der Waals surface area contributed by atoms with Gasteiger partial charge in [-0.15, -0.1) is 0 Å². The SMILES string of the molecule is O=C(c1cnc(N2CCCCCC2)cn1)N1CCOCC1. The van der Waals surface area contributed by atoms with Gasteiger partial charge in [-0.1, -0.05) is 12.8 Å². The molecule has 21 heavy (non-hydrogen) atoms. The second kappa shape index (κ2) is 6.85. The highest BCUT2D eigenvalue weighted by atomic mass is 16.5. The molecule has 0 aliphatic carbocycles. The first-order valence-electron chi connectivity index (χ1n) is 7.78. The molecular weight excluding hydrogens is 268 g/mol. The van der Waals surface area contributed by atoms with Crippen LogP contribution in [0.3, 0.4) is 0 Å². The third kappa shape index (κ3) is 3.50. The average Bonchev–Trinajstić information content (AvgIpc) is 2.84. The lowest BCUT2D eigenvalue weighted by atomic mass is 10.2. The van der Waals surface area contributed by atoms with Crippen LogP contribution in [0, 0.1) is 0 Å². The maximum absolute atomic E-state index is 12.3. The highest BCUT2D eigenvalue weighted by Gasteiger charge is 2.20. The second-order valence-electron chi connectivity index (χ2n) is 5.57. The van der Waals surface area contributed by atoms with Crippen molar-refractivity contribution < 1.29 is 9.53 Å². The quantitative estimate of drug-likeness (QED) is 0.822. The van der Waals surface area contributed by atoms with Crippen molar-refractivity contribution in [1.29, 1.82) is 0 Å². The van der Waals surface area contributed by atoms with Crippen LogP contribution in [0.15, 0.2) is 12.4 Å². The minimum absolute atomic E-state index is 0.0479. The lowest BCUT2D eigenvalue weighted by Crippen LogP contribution is -2.41. The van der Waals surface area contributed by atoms with E-state index in [2.05, 4.69) is 14.9 Å². The first kappa shape index (κ1) is 14.3. The van der Waals surface area contributed by atoms with Crippen LogP contribution in [0.5, 0.6) is 0 Å². The maximum Gasteiger partial charge on any atom is 0.274 e. The molecule has 2 fully saturated rings. The molecule has 1 aromatic heterocycles. The predicted molar refractivity (Wildman–Crippen MR) is 79.4 cm³/mol. The summed E-state index contributed by atoms with van der Waals surface area (Å²) in [6.45, 7) is 4.54. The van der Waals surface area contributed by atoms with Crippen LogP contribution in [0.25, 0.3) is 0 Å². The van der Waals surface area contributed by atoms with E-state index in [-0.39, 0.29) is 5.91 Å². The van der Waals surface area contributed by atoms with Gasteiger partial charge in [0, 0.05) is 26.2 Å². The number of rotatable bonds is 2. The first-order valence-corrected chi connectivity index (χ1v) is 7.78. The maximum atomic E-state index is 12.3. The van der Waals surface area contributed by atoms with E-state index >= 15 is 0 Å². The fourth-order valence-electron chi connectivity index (χ4n) is 2.82. The Morgan fingerprint density at radius 1 is 0.952 bits per heavy atom. The Hall–Kier alpha value is -1.69.